The Hall–Kier alpha value is -2.11. The number of rotatable bonds is 17. The van der Waals surface area contributed by atoms with Gasteiger partial charge in [0.05, 0.1) is 0 Å². The van der Waals surface area contributed by atoms with Crippen LogP contribution in [0.15, 0.2) is 23.8 Å². The minimum absolute atomic E-state index is 0.0580. The molecular formula is C25H43NO5. The second-order valence-electron chi connectivity index (χ2n) is 8.11. The van der Waals surface area contributed by atoms with Crippen molar-refractivity contribution in [3.63, 3.8) is 0 Å². The molecule has 0 spiro atoms. The van der Waals surface area contributed by atoms with Crippen molar-refractivity contribution in [3.05, 3.63) is 23.8 Å². The topological polar surface area (TPSA) is 81.7 Å². The minimum atomic E-state index is -0.689. The lowest BCUT2D eigenvalue weighted by Gasteiger charge is -2.24. The van der Waals surface area contributed by atoms with Crippen LogP contribution in [0, 0.1) is 0 Å². The Morgan fingerprint density at radius 2 is 1.55 bits per heavy atom. The zero-order valence-electron chi connectivity index (χ0n) is 20.2. The number of unbranched alkanes of at least 4 members (excludes halogenated alkanes) is 7. The van der Waals surface area contributed by atoms with E-state index in [1.54, 1.807) is 6.08 Å². The van der Waals surface area contributed by atoms with Gasteiger partial charge in [0.2, 0.25) is 5.91 Å². The van der Waals surface area contributed by atoms with Crippen molar-refractivity contribution in [2.75, 3.05) is 6.61 Å². The van der Waals surface area contributed by atoms with Crippen molar-refractivity contribution in [2.45, 2.75) is 111 Å². The molecular weight excluding hydrogens is 394 g/mol. The molecule has 0 aromatic carbocycles. The second-order valence-corrected chi connectivity index (χ2v) is 8.11. The summed E-state index contributed by atoms with van der Waals surface area (Å²) in [6.45, 7) is 8.36. The van der Waals surface area contributed by atoms with Gasteiger partial charge in [-0.1, -0.05) is 56.8 Å². The van der Waals surface area contributed by atoms with Gasteiger partial charge < -0.3 is 14.8 Å². The molecule has 31 heavy (non-hydrogen) atoms. The predicted octanol–water partition coefficient (Wildman–Crippen LogP) is 5.41. The molecule has 0 aliphatic rings. The van der Waals surface area contributed by atoms with E-state index < -0.39 is 24.1 Å². The summed E-state index contributed by atoms with van der Waals surface area (Å²) in [4.78, 5) is 34.1. The van der Waals surface area contributed by atoms with Gasteiger partial charge in [0, 0.05) is 20.8 Å². The summed E-state index contributed by atoms with van der Waals surface area (Å²) in [5, 5.41) is 2.69. The van der Waals surface area contributed by atoms with Crippen LogP contribution in [0.2, 0.25) is 0 Å². The van der Waals surface area contributed by atoms with Crippen LogP contribution in [0.4, 0.5) is 0 Å². The lowest BCUT2D eigenvalue weighted by atomic mass is 10.0. The highest BCUT2D eigenvalue weighted by Gasteiger charge is 2.24. The SMILES string of the molecule is CCCCCCCC/C(C)=C/CCC/C=C/[C@H](OC(C)=O)[C@H](COC(C)=O)NC(C)=O. The van der Waals surface area contributed by atoms with Crippen LogP contribution in [0.25, 0.3) is 0 Å². The Labute approximate surface area is 188 Å². The number of esters is 2. The normalized spacial score (nSPS) is 13.6. The highest BCUT2D eigenvalue weighted by atomic mass is 16.6. The summed E-state index contributed by atoms with van der Waals surface area (Å²) >= 11 is 0. The van der Waals surface area contributed by atoms with Crippen molar-refractivity contribution in [3.8, 4) is 0 Å². The summed E-state index contributed by atoms with van der Waals surface area (Å²) in [5.74, 6) is -1.20. The summed E-state index contributed by atoms with van der Waals surface area (Å²) in [6.07, 6.45) is 17.2. The van der Waals surface area contributed by atoms with Crippen LogP contribution in [-0.2, 0) is 23.9 Å². The fraction of sp³-hybridized carbons (Fsp3) is 0.720. The van der Waals surface area contributed by atoms with Gasteiger partial charge in [-0.2, -0.15) is 0 Å². The molecule has 0 radical (unpaired) electrons. The Morgan fingerprint density at radius 1 is 0.871 bits per heavy atom. The molecule has 0 unspecified atom stereocenters. The number of allylic oxidation sites excluding steroid dienone is 3. The highest BCUT2D eigenvalue weighted by Crippen LogP contribution is 2.13. The maximum absolute atomic E-state index is 11.5. The van der Waals surface area contributed by atoms with E-state index in [9.17, 15) is 14.4 Å². The van der Waals surface area contributed by atoms with E-state index in [4.69, 9.17) is 9.47 Å². The molecule has 0 fully saturated rings. The number of hydrogen-bond acceptors (Lipinski definition) is 5. The van der Waals surface area contributed by atoms with Gasteiger partial charge >= 0.3 is 11.9 Å². The van der Waals surface area contributed by atoms with Crippen LogP contribution in [-0.4, -0.2) is 36.6 Å². The zero-order valence-corrected chi connectivity index (χ0v) is 20.2. The van der Waals surface area contributed by atoms with Crippen LogP contribution >= 0.6 is 0 Å². The van der Waals surface area contributed by atoms with Crippen molar-refractivity contribution < 1.29 is 23.9 Å². The summed E-state index contributed by atoms with van der Waals surface area (Å²) in [7, 11) is 0. The second kappa shape index (κ2) is 18.6. The number of hydrogen-bond donors (Lipinski definition) is 1. The summed E-state index contributed by atoms with van der Waals surface area (Å²) in [5.41, 5.74) is 1.45. The third-order valence-electron chi connectivity index (χ3n) is 4.87. The summed E-state index contributed by atoms with van der Waals surface area (Å²) < 4.78 is 10.3. The van der Waals surface area contributed by atoms with E-state index >= 15 is 0 Å². The minimum Gasteiger partial charge on any atom is -0.464 e. The standard InChI is InChI=1S/C25H43NO5/c1-6-7-8-9-10-13-16-20(2)17-14-11-12-15-18-25(31-23(5)29)24(26-21(3)27)19-30-22(4)28/h15,17-18,24-25H,6-14,16,19H2,1-5H3,(H,26,27)/b18-15+,20-17+/t24-,25-/m0/s1. The molecule has 0 heterocycles. The van der Waals surface area contributed by atoms with Crippen molar-refractivity contribution in [1.82, 2.24) is 5.32 Å². The molecule has 0 aliphatic carbocycles. The van der Waals surface area contributed by atoms with Gasteiger partial charge in [-0.15, -0.1) is 0 Å². The van der Waals surface area contributed by atoms with Crippen LogP contribution in [0.1, 0.15) is 98.8 Å². The fourth-order valence-electron chi connectivity index (χ4n) is 3.23. The third-order valence-corrected chi connectivity index (χ3v) is 4.87. The van der Waals surface area contributed by atoms with Crippen molar-refractivity contribution >= 4 is 17.8 Å². The monoisotopic (exact) mass is 437 g/mol. The quantitative estimate of drug-likeness (QED) is 0.187. The average Bonchev–Trinajstić information content (AvgIpc) is 2.68. The Morgan fingerprint density at radius 3 is 2.16 bits per heavy atom. The fourth-order valence-corrected chi connectivity index (χ4v) is 3.23. The summed E-state index contributed by atoms with van der Waals surface area (Å²) in [6, 6.07) is -0.624. The molecule has 0 aromatic heterocycles. The van der Waals surface area contributed by atoms with Gasteiger partial charge in [0.1, 0.15) is 18.8 Å². The van der Waals surface area contributed by atoms with Gasteiger partial charge in [-0.3, -0.25) is 14.4 Å². The van der Waals surface area contributed by atoms with E-state index in [1.807, 2.05) is 6.08 Å². The number of nitrogens with one attached hydrogen (secondary N) is 1. The van der Waals surface area contributed by atoms with E-state index in [1.165, 1.54) is 71.3 Å². The van der Waals surface area contributed by atoms with E-state index in [0.717, 1.165) is 19.3 Å². The molecule has 0 saturated heterocycles. The first-order chi connectivity index (χ1) is 14.8. The van der Waals surface area contributed by atoms with Gasteiger partial charge in [0.25, 0.3) is 0 Å². The maximum atomic E-state index is 11.5. The lowest BCUT2D eigenvalue weighted by Crippen LogP contribution is -2.46. The van der Waals surface area contributed by atoms with E-state index in [-0.39, 0.29) is 12.5 Å². The number of carbonyl (C=O) groups excluding carboxylic acids is 3. The van der Waals surface area contributed by atoms with Crippen molar-refractivity contribution in [1.29, 1.82) is 0 Å². The highest BCUT2D eigenvalue weighted by molar-refractivity contribution is 5.73. The van der Waals surface area contributed by atoms with Crippen LogP contribution < -0.4 is 5.32 Å². The van der Waals surface area contributed by atoms with Gasteiger partial charge in [-0.25, -0.2) is 0 Å². The van der Waals surface area contributed by atoms with Gasteiger partial charge in [-0.05, 0) is 45.1 Å². The molecule has 178 valence electrons. The lowest BCUT2D eigenvalue weighted by molar-refractivity contribution is -0.149. The number of amides is 1. The largest absolute Gasteiger partial charge is 0.464 e. The average molecular weight is 438 g/mol. The number of ether oxygens (including phenoxy) is 2. The van der Waals surface area contributed by atoms with E-state index in [2.05, 4.69) is 25.2 Å². The van der Waals surface area contributed by atoms with Crippen LogP contribution in [0.5, 0.6) is 0 Å². The van der Waals surface area contributed by atoms with E-state index in [0.29, 0.717) is 0 Å². The molecule has 0 saturated carbocycles. The van der Waals surface area contributed by atoms with Gasteiger partial charge in [0.15, 0.2) is 0 Å². The maximum Gasteiger partial charge on any atom is 0.303 e. The van der Waals surface area contributed by atoms with Crippen LogP contribution in [0.3, 0.4) is 0 Å². The zero-order chi connectivity index (χ0) is 23.5. The molecule has 0 aliphatic heterocycles. The molecule has 0 aromatic rings. The first-order valence-corrected chi connectivity index (χ1v) is 11.7. The molecule has 6 heteroatoms. The molecule has 0 rings (SSSR count). The number of carbonyl (C=O) groups is 3. The molecule has 0 bridgehead atoms. The molecule has 6 nitrogen and oxygen atoms in total. The predicted molar refractivity (Wildman–Crippen MR) is 125 cm³/mol. The smallest absolute Gasteiger partial charge is 0.303 e. The first kappa shape index (κ1) is 28.9. The third kappa shape index (κ3) is 18.4. The Bertz CT molecular complexity index is 582. The Balaban J connectivity index is 4.46. The molecule has 1 N–H and O–H groups in total. The first-order valence-electron chi connectivity index (χ1n) is 11.7. The molecule has 1 amide bonds. The Kier molecular flexibility index (Phi) is 17.4. The van der Waals surface area contributed by atoms with Crippen molar-refractivity contribution in [2.24, 2.45) is 0 Å². The molecule has 2 atom stereocenters.